The fraction of sp³-hybridized carbons (Fsp3) is 0.188. The Morgan fingerprint density at radius 1 is 1.36 bits per heavy atom. The Bertz CT molecular complexity index is 835. The van der Waals surface area contributed by atoms with Crippen LogP contribution in [0.15, 0.2) is 24.4 Å². The molecule has 1 aromatic carbocycles. The van der Waals surface area contributed by atoms with Crippen molar-refractivity contribution in [3.8, 4) is 29.1 Å². The summed E-state index contributed by atoms with van der Waals surface area (Å²) in [6.45, 7) is 0.264. The fourth-order valence-electron chi connectivity index (χ4n) is 2.42. The van der Waals surface area contributed by atoms with Crippen molar-refractivity contribution in [3.05, 3.63) is 46.9 Å². The van der Waals surface area contributed by atoms with Crippen LogP contribution in [-0.2, 0) is 13.0 Å². The van der Waals surface area contributed by atoms with Crippen LogP contribution >= 0.6 is 0 Å². The van der Waals surface area contributed by atoms with Crippen LogP contribution in [0.25, 0.3) is 11.3 Å². The fourth-order valence-corrected chi connectivity index (χ4v) is 2.42. The predicted octanol–water partition coefficient (Wildman–Crippen LogP) is 2.05. The molecule has 0 aliphatic carbocycles. The van der Waals surface area contributed by atoms with E-state index in [2.05, 4.69) is 4.98 Å². The van der Waals surface area contributed by atoms with Crippen LogP contribution in [0.5, 0.6) is 5.75 Å². The van der Waals surface area contributed by atoms with Crippen LogP contribution in [0.1, 0.15) is 16.7 Å². The van der Waals surface area contributed by atoms with Gasteiger partial charge in [0.15, 0.2) is 0 Å². The quantitative estimate of drug-likeness (QED) is 0.914. The van der Waals surface area contributed by atoms with E-state index in [0.29, 0.717) is 28.1 Å². The van der Waals surface area contributed by atoms with Crippen LogP contribution < -0.4 is 10.5 Å². The number of halogens is 1. The second-order valence-corrected chi connectivity index (χ2v) is 5.01. The molecule has 22 heavy (non-hydrogen) atoms. The molecular formula is C16H11FN4O. The number of nitriles is 2. The van der Waals surface area contributed by atoms with Crippen molar-refractivity contribution in [1.82, 2.24) is 4.98 Å². The number of nitrogens with zero attached hydrogens (tertiary/aromatic N) is 3. The number of fused-ring (bicyclic) bond motifs is 3. The lowest BCUT2D eigenvalue weighted by atomic mass is 9.97. The third kappa shape index (κ3) is 2.37. The number of benzene rings is 1. The number of hydrogen-bond acceptors (Lipinski definition) is 5. The number of nitrogens with two attached hydrogens (primary N) is 1. The van der Waals surface area contributed by atoms with Gasteiger partial charge in [-0.05, 0) is 23.8 Å². The topological polar surface area (TPSA) is 95.7 Å². The number of pyridine rings is 1. The molecular weight excluding hydrogens is 283 g/mol. The van der Waals surface area contributed by atoms with Gasteiger partial charge in [0.2, 0.25) is 0 Å². The zero-order chi connectivity index (χ0) is 15.7. The lowest BCUT2D eigenvalue weighted by molar-refractivity contribution is 0.300. The Morgan fingerprint density at radius 2 is 2.18 bits per heavy atom. The third-order valence-electron chi connectivity index (χ3n) is 3.49. The Labute approximate surface area is 126 Å². The highest BCUT2D eigenvalue weighted by Gasteiger charge is 2.22. The monoisotopic (exact) mass is 294 g/mol. The van der Waals surface area contributed by atoms with Gasteiger partial charge in [0.25, 0.3) is 0 Å². The molecule has 6 heteroatoms. The molecule has 1 unspecified atom stereocenters. The molecule has 0 bridgehead atoms. The van der Waals surface area contributed by atoms with E-state index in [-0.39, 0.29) is 13.0 Å². The van der Waals surface area contributed by atoms with Gasteiger partial charge >= 0.3 is 0 Å². The molecule has 3 rings (SSSR count). The first-order valence-corrected chi connectivity index (χ1v) is 6.62. The van der Waals surface area contributed by atoms with Gasteiger partial charge in [-0.3, -0.25) is 4.98 Å². The van der Waals surface area contributed by atoms with E-state index in [1.54, 1.807) is 12.1 Å². The molecule has 1 aliphatic rings. The highest BCUT2D eigenvalue weighted by atomic mass is 19.1. The molecule has 0 saturated heterocycles. The van der Waals surface area contributed by atoms with Crippen LogP contribution in [0.2, 0.25) is 0 Å². The van der Waals surface area contributed by atoms with Crippen molar-refractivity contribution in [2.24, 2.45) is 5.73 Å². The SMILES string of the molecule is N#Cc1cnc2c(c1)COc1cc(CC(N)C#N)c(F)cc1-2. The van der Waals surface area contributed by atoms with E-state index in [0.717, 1.165) is 5.56 Å². The van der Waals surface area contributed by atoms with Crippen LogP contribution in [-0.4, -0.2) is 11.0 Å². The van der Waals surface area contributed by atoms with Gasteiger partial charge in [-0.25, -0.2) is 4.39 Å². The van der Waals surface area contributed by atoms with Crippen molar-refractivity contribution in [2.45, 2.75) is 19.1 Å². The van der Waals surface area contributed by atoms with Gasteiger partial charge < -0.3 is 10.5 Å². The summed E-state index contributed by atoms with van der Waals surface area (Å²) in [6, 6.07) is 7.71. The Balaban J connectivity index is 2.06. The predicted molar refractivity (Wildman–Crippen MR) is 76.0 cm³/mol. The van der Waals surface area contributed by atoms with E-state index >= 15 is 0 Å². The summed E-state index contributed by atoms with van der Waals surface area (Å²) >= 11 is 0. The minimum Gasteiger partial charge on any atom is -0.488 e. The molecule has 1 aromatic heterocycles. The van der Waals surface area contributed by atoms with Crippen LogP contribution in [0, 0.1) is 28.5 Å². The number of ether oxygens (including phenoxy) is 1. The number of aromatic nitrogens is 1. The first kappa shape index (κ1) is 14.0. The minimum absolute atomic E-state index is 0.118. The largest absolute Gasteiger partial charge is 0.488 e. The van der Waals surface area contributed by atoms with E-state index in [9.17, 15) is 4.39 Å². The van der Waals surface area contributed by atoms with Gasteiger partial charge in [-0.15, -0.1) is 0 Å². The normalized spacial score (nSPS) is 13.1. The summed E-state index contributed by atoms with van der Waals surface area (Å²) < 4.78 is 19.8. The van der Waals surface area contributed by atoms with Crippen LogP contribution in [0.4, 0.5) is 4.39 Å². The molecule has 2 N–H and O–H groups in total. The summed E-state index contributed by atoms with van der Waals surface area (Å²) in [4.78, 5) is 4.23. The Hall–Kier alpha value is -2.96. The molecule has 108 valence electrons. The smallest absolute Gasteiger partial charge is 0.129 e. The first-order valence-electron chi connectivity index (χ1n) is 6.62. The average Bonchev–Trinajstić information content (AvgIpc) is 2.54. The molecule has 0 fully saturated rings. The molecule has 0 radical (unpaired) electrons. The van der Waals surface area contributed by atoms with Crippen molar-refractivity contribution in [2.75, 3.05) is 0 Å². The highest BCUT2D eigenvalue weighted by molar-refractivity contribution is 5.73. The second-order valence-electron chi connectivity index (χ2n) is 5.01. The molecule has 1 atom stereocenters. The Morgan fingerprint density at radius 3 is 2.91 bits per heavy atom. The molecule has 0 spiro atoms. The molecule has 2 heterocycles. The van der Waals surface area contributed by atoms with Gasteiger partial charge in [-0.2, -0.15) is 10.5 Å². The minimum atomic E-state index is -0.764. The van der Waals surface area contributed by atoms with Crippen LogP contribution in [0.3, 0.4) is 0 Å². The molecule has 0 amide bonds. The third-order valence-corrected chi connectivity index (χ3v) is 3.49. The van der Waals surface area contributed by atoms with Gasteiger partial charge in [-0.1, -0.05) is 0 Å². The van der Waals surface area contributed by atoms with Gasteiger partial charge in [0.1, 0.15) is 24.2 Å². The van der Waals surface area contributed by atoms with Crippen molar-refractivity contribution in [3.63, 3.8) is 0 Å². The van der Waals surface area contributed by atoms with Crippen molar-refractivity contribution < 1.29 is 9.13 Å². The summed E-state index contributed by atoms with van der Waals surface area (Å²) in [5.74, 6) is 0.0540. The van der Waals surface area contributed by atoms with E-state index in [1.165, 1.54) is 12.3 Å². The van der Waals surface area contributed by atoms with E-state index < -0.39 is 11.9 Å². The lowest BCUT2D eigenvalue weighted by Gasteiger charge is -2.21. The summed E-state index contributed by atoms with van der Waals surface area (Å²) in [7, 11) is 0. The Kier molecular flexibility index (Phi) is 3.46. The number of hydrogen-bond donors (Lipinski definition) is 1. The standard InChI is InChI=1S/C16H11FN4O/c17-14-4-13-15(3-10(14)2-12(20)6-19)22-8-11-1-9(5-18)7-21-16(11)13/h1,3-4,7,12H,2,8,20H2. The van der Waals surface area contributed by atoms with Crippen molar-refractivity contribution >= 4 is 0 Å². The zero-order valence-corrected chi connectivity index (χ0v) is 11.5. The summed E-state index contributed by atoms with van der Waals surface area (Å²) in [6.07, 6.45) is 1.57. The van der Waals surface area contributed by atoms with E-state index in [1.807, 2.05) is 12.1 Å². The second kappa shape index (κ2) is 5.44. The average molecular weight is 294 g/mol. The highest BCUT2D eigenvalue weighted by Crippen LogP contribution is 2.38. The molecule has 2 aromatic rings. The molecule has 1 aliphatic heterocycles. The summed E-state index contributed by atoms with van der Waals surface area (Å²) in [5, 5.41) is 17.6. The van der Waals surface area contributed by atoms with Crippen molar-refractivity contribution in [1.29, 1.82) is 10.5 Å². The first-order chi connectivity index (χ1) is 10.6. The number of rotatable bonds is 2. The van der Waals surface area contributed by atoms with Gasteiger partial charge in [0, 0.05) is 23.7 Å². The molecule has 0 saturated carbocycles. The lowest BCUT2D eigenvalue weighted by Crippen LogP contribution is -2.21. The maximum atomic E-state index is 14.2. The van der Waals surface area contributed by atoms with E-state index in [4.69, 9.17) is 21.0 Å². The maximum Gasteiger partial charge on any atom is 0.129 e. The molecule has 5 nitrogen and oxygen atoms in total. The van der Waals surface area contributed by atoms with Gasteiger partial charge in [0.05, 0.1) is 23.4 Å². The maximum absolute atomic E-state index is 14.2. The summed E-state index contributed by atoms with van der Waals surface area (Å²) in [5.41, 5.74) is 8.21. The zero-order valence-electron chi connectivity index (χ0n) is 11.5.